The third kappa shape index (κ3) is 4.57. The summed E-state index contributed by atoms with van der Waals surface area (Å²) in [4.78, 5) is 15.4. The van der Waals surface area contributed by atoms with E-state index < -0.39 is 12.7 Å². The fourth-order valence-corrected chi connectivity index (χ4v) is 4.29. The Morgan fingerprint density at radius 3 is 2.83 bits per heavy atom. The largest absolute Gasteiger partial charge is 0.401 e. The van der Waals surface area contributed by atoms with E-state index in [1.54, 1.807) is 0 Å². The zero-order valence-corrected chi connectivity index (χ0v) is 14.1. The zero-order chi connectivity index (χ0) is 17.2. The highest BCUT2D eigenvalue weighted by molar-refractivity contribution is 7.14. The molecule has 0 radical (unpaired) electrons. The minimum atomic E-state index is -4.20. The van der Waals surface area contributed by atoms with Crippen LogP contribution in [0.5, 0.6) is 0 Å². The van der Waals surface area contributed by atoms with Crippen LogP contribution in [0, 0.1) is 0 Å². The lowest BCUT2D eigenvalue weighted by atomic mass is 10.1. The van der Waals surface area contributed by atoms with Gasteiger partial charge in [0.05, 0.1) is 17.1 Å². The van der Waals surface area contributed by atoms with Crippen molar-refractivity contribution in [3.63, 3.8) is 0 Å². The lowest BCUT2D eigenvalue weighted by Gasteiger charge is -2.15. The number of fused-ring (bicyclic) bond motifs is 1. The number of hydrogen-bond acceptors (Lipinski definition) is 4. The van der Waals surface area contributed by atoms with Gasteiger partial charge in [-0.05, 0) is 37.3 Å². The van der Waals surface area contributed by atoms with E-state index in [0.717, 1.165) is 25.7 Å². The van der Waals surface area contributed by atoms with Crippen molar-refractivity contribution >= 4 is 23.0 Å². The van der Waals surface area contributed by atoms with Crippen molar-refractivity contribution in [2.75, 3.05) is 19.6 Å². The SMILES string of the molecule is O=C(NN=C1CCN(CC(F)(F)F)C1)c1cc2c(s1)CCCCC2. The standard InChI is InChI=1S/C16H20F3N3OS/c17-16(18,19)10-22-7-6-12(9-22)20-21-15(23)14-8-11-4-2-1-3-5-13(11)24-14/h8H,1-7,9-10H2,(H,21,23). The van der Waals surface area contributed by atoms with Crippen LogP contribution in [0.15, 0.2) is 11.2 Å². The molecule has 3 rings (SSSR count). The van der Waals surface area contributed by atoms with Crippen molar-refractivity contribution in [3.8, 4) is 0 Å². The predicted octanol–water partition coefficient (Wildman–Crippen LogP) is 3.37. The monoisotopic (exact) mass is 359 g/mol. The molecule has 132 valence electrons. The van der Waals surface area contributed by atoms with E-state index in [0.29, 0.717) is 23.6 Å². The molecule has 1 aliphatic heterocycles. The van der Waals surface area contributed by atoms with Gasteiger partial charge in [0.2, 0.25) is 0 Å². The normalized spacial score (nSPS) is 20.9. The maximum Gasteiger partial charge on any atom is 0.401 e. The third-order valence-electron chi connectivity index (χ3n) is 4.31. The lowest BCUT2D eigenvalue weighted by molar-refractivity contribution is -0.142. The first-order valence-corrected chi connectivity index (χ1v) is 8.99. The van der Waals surface area contributed by atoms with E-state index in [9.17, 15) is 18.0 Å². The van der Waals surface area contributed by atoms with Crippen LogP contribution in [0.3, 0.4) is 0 Å². The van der Waals surface area contributed by atoms with Gasteiger partial charge in [-0.3, -0.25) is 9.69 Å². The molecule has 2 aliphatic rings. The summed E-state index contributed by atoms with van der Waals surface area (Å²) in [6, 6.07) is 1.94. The van der Waals surface area contributed by atoms with Crippen LogP contribution in [-0.4, -0.2) is 42.3 Å². The first-order chi connectivity index (χ1) is 11.4. The van der Waals surface area contributed by atoms with Crippen LogP contribution in [0.4, 0.5) is 13.2 Å². The van der Waals surface area contributed by atoms with E-state index in [-0.39, 0.29) is 12.5 Å². The zero-order valence-electron chi connectivity index (χ0n) is 13.3. The van der Waals surface area contributed by atoms with Crippen LogP contribution in [0.25, 0.3) is 0 Å². The Balaban J connectivity index is 1.56. The number of thiophene rings is 1. The Kier molecular flexibility index (Phi) is 5.24. The maximum absolute atomic E-state index is 12.4. The van der Waals surface area contributed by atoms with Gasteiger partial charge in [-0.2, -0.15) is 18.3 Å². The third-order valence-corrected chi connectivity index (χ3v) is 5.55. The van der Waals surface area contributed by atoms with Crippen LogP contribution < -0.4 is 5.43 Å². The van der Waals surface area contributed by atoms with Gasteiger partial charge in [-0.1, -0.05) is 6.42 Å². The first kappa shape index (κ1) is 17.4. The van der Waals surface area contributed by atoms with Crippen LogP contribution >= 0.6 is 11.3 Å². The van der Waals surface area contributed by atoms with Crippen molar-refractivity contribution in [2.45, 2.75) is 44.7 Å². The minimum Gasteiger partial charge on any atom is -0.289 e. The number of alkyl halides is 3. The molecule has 0 spiro atoms. The topological polar surface area (TPSA) is 44.7 Å². The Morgan fingerprint density at radius 2 is 2.04 bits per heavy atom. The number of nitrogens with zero attached hydrogens (tertiary/aromatic N) is 2. The van der Waals surface area contributed by atoms with Crippen molar-refractivity contribution in [3.05, 3.63) is 21.4 Å². The molecule has 1 fully saturated rings. The highest BCUT2D eigenvalue weighted by Crippen LogP contribution is 2.29. The number of nitrogens with one attached hydrogen (secondary N) is 1. The molecular weight excluding hydrogens is 339 g/mol. The number of carbonyl (C=O) groups is 1. The Labute approximate surface area is 142 Å². The van der Waals surface area contributed by atoms with Gasteiger partial charge in [0, 0.05) is 24.4 Å². The summed E-state index contributed by atoms with van der Waals surface area (Å²) in [6.07, 6.45) is 1.83. The van der Waals surface area contributed by atoms with Gasteiger partial charge in [-0.25, -0.2) is 5.43 Å². The highest BCUT2D eigenvalue weighted by atomic mass is 32.1. The second kappa shape index (κ2) is 7.23. The number of halogens is 3. The fraction of sp³-hybridized carbons (Fsp3) is 0.625. The number of carbonyl (C=O) groups excluding carboxylic acids is 1. The van der Waals surface area contributed by atoms with Crippen molar-refractivity contribution in [1.82, 2.24) is 10.3 Å². The molecular formula is C16H20F3N3OS. The summed E-state index contributed by atoms with van der Waals surface area (Å²) in [5, 5.41) is 4.02. The van der Waals surface area contributed by atoms with Crippen molar-refractivity contribution in [2.24, 2.45) is 5.10 Å². The summed E-state index contributed by atoms with van der Waals surface area (Å²) >= 11 is 1.51. The Bertz CT molecular complexity index is 616. The number of hydrazone groups is 1. The number of likely N-dealkylation sites (tertiary alicyclic amines) is 1. The average Bonchev–Trinajstić information content (AvgIpc) is 3.05. The molecule has 8 heteroatoms. The van der Waals surface area contributed by atoms with E-state index in [2.05, 4.69) is 10.5 Å². The molecule has 1 saturated heterocycles. The van der Waals surface area contributed by atoms with E-state index in [1.807, 2.05) is 6.07 Å². The predicted molar refractivity (Wildman–Crippen MR) is 87.6 cm³/mol. The van der Waals surface area contributed by atoms with Gasteiger partial charge in [0.25, 0.3) is 5.91 Å². The molecule has 0 saturated carbocycles. The molecule has 0 aromatic carbocycles. The second-order valence-corrected chi connectivity index (χ2v) is 7.45. The molecule has 1 N–H and O–H groups in total. The molecule has 1 aliphatic carbocycles. The van der Waals surface area contributed by atoms with Gasteiger partial charge in [0.1, 0.15) is 0 Å². The number of rotatable bonds is 3. The molecule has 0 unspecified atom stereocenters. The van der Waals surface area contributed by atoms with Crippen LogP contribution in [0.2, 0.25) is 0 Å². The van der Waals surface area contributed by atoms with E-state index >= 15 is 0 Å². The van der Waals surface area contributed by atoms with Gasteiger partial charge in [0.15, 0.2) is 0 Å². The number of amides is 1. The van der Waals surface area contributed by atoms with Crippen LogP contribution in [-0.2, 0) is 12.8 Å². The Morgan fingerprint density at radius 1 is 1.25 bits per heavy atom. The average molecular weight is 359 g/mol. The van der Waals surface area contributed by atoms with Crippen LogP contribution in [0.1, 0.15) is 45.8 Å². The Hall–Kier alpha value is -1.41. The van der Waals surface area contributed by atoms with E-state index in [4.69, 9.17) is 0 Å². The molecule has 2 heterocycles. The summed E-state index contributed by atoms with van der Waals surface area (Å²) in [6.45, 7) is -0.458. The molecule has 4 nitrogen and oxygen atoms in total. The summed E-state index contributed by atoms with van der Waals surface area (Å²) in [5.41, 5.74) is 4.35. The molecule has 1 aromatic heterocycles. The number of aryl methyl sites for hydroxylation is 2. The summed E-state index contributed by atoms with van der Waals surface area (Å²) in [5.74, 6) is -0.269. The van der Waals surface area contributed by atoms with Crippen molar-refractivity contribution < 1.29 is 18.0 Å². The maximum atomic E-state index is 12.4. The quantitative estimate of drug-likeness (QED) is 0.664. The van der Waals surface area contributed by atoms with Gasteiger partial charge < -0.3 is 0 Å². The van der Waals surface area contributed by atoms with Crippen molar-refractivity contribution in [1.29, 1.82) is 0 Å². The lowest BCUT2D eigenvalue weighted by Crippen LogP contribution is -2.32. The summed E-state index contributed by atoms with van der Waals surface area (Å²) in [7, 11) is 0. The fourth-order valence-electron chi connectivity index (χ4n) is 3.15. The molecule has 24 heavy (non-hydrogen) atoms. The smallest absolute Gasteiger partial charge is 0.289 e. The number of hydrogen-bond donors (Lipinski definition) is 1. The van der Waals surface area contributed by atoms with E-state index in [1.165, 1.54) is 33.1 Å². The molecule has 1 amide bonds. The summed E-state index contributed by atoms with van der Waals surface area (Å²) < 4.78 is 37.1. The molecule has 0 atom stereocenters. The molecule has 1 aromatic rings. The highest BCUT2D eigenvalue weighted by Gasteiger charge is 2.33. The minimum absolute atomic E-state index is 0.154. The van der Waals surface area contributed by atoms with Gasteiger partial charge in [-0.15, -0.1) is 11.3 Å². The molecule has 0 bridgehead atoms. The van der Waals surface area contributed by atoms with Gasteiger partial charge >= 0.3 is 6.18 Å². The first-order valence-electron chi connectivity index (χ1n) is 8.17. The second-order valence-electron chi connectivity index (χ2n) is 6.31.